The molecule has 0 radical (unpaired) electrons. The van der Waals surface area contributed by atoms with Crippen LogP contribution >= 0.6 is 10.0 Å². The van der Waals surface area contributed by atoms with E-state index in [-0.39, 0.29) is 24.2 Å². The summed E-state index contributed by atoms with van der Waals surface area (Å²) in [4.78, 5) is 30.4. The second-order valence-corrected chi connectivity index (χ2v) is 16.9. The van der Waals surface area contributed by atoms with E-state index in [2.05, 4.69) is 44.8 Å². The number of aryl methyl sites for hydroxylation is 1. The normalized spacial score (nSPS) is 17.4. The number of halogens is 1. The minimum Gasteiger partial charge on any atom is -0.381 e. The van der Waals surface area contributed by atoms with Crippen molar-refractivity contribution in [1.82, 2.24) is 25.4 Å². The van der Waals surface area contributed by atoms with Gasteiger partial charge in [0.15, 0.2) is 0 Å². The molecule has 2 aliphatic rings. The summed E-state index contributed by atoms with van der Waals surface area (Å²) in [5, 5.41) is 20.4. The Morgan fingerprint density at radius 2 is 1.98 bits per heavy atom. The molecular formula is C30H44FN7O3S. The van der Waals surface area contributed by atoms with Gasteiger partial charge in [-0.3, -0.25) is 9.59 Å². The van der Waals surface area contributed by atoms with E-state index in [0.717, 1.165) is 43.3 Å². The molecule has 0 unspecified atom stereocenters. The SMILES string of the molecule is CCN/C(=C\C=N)C(=O)N[C@H](C(=O)Nc1ccc(-c2c(C)nn(COCCS(C)(C)C)c2C)c(F)n1)C1CC2(CC2)C1. The zero-order chi connectivity index (χ0) is 30.7. The van der Waals surface area contributed by atoms with Gasteiger partial charge in [-0.1, -0.05) is 0 Å². The summed E-state index contributed by atoms with van der Waals surface area (Å²) in [5.41, 5.74) is 2.89. The second-order valence-electron chi connectivity index (χ2n) is 12.3. The van der Waals surface area contributed by atoms with E-state index >= 15 is 4.39 Å². The number of likely N-dealkylation sites (N-methyl/N-ethyl adjacent to an activating group) is 1. The predicted molar refractivity (Wildman–Crippen MR) is 167 cm³/mol. The van der Waals surface area contributed by atoms with E-state index in [4.69, 9.17) is 10.1 Å². The monoisotopic (exact) mass is 601 g/mol. The summed E-state index contributed by atoms with van der Waals surface area (Å²) < 4.78 is 22.9. The van der Waals surface area contributed by atoms with Crippen LogP contribution in [0.5, 0.6) is 0 Å². The molecule has 2 aromatic heterocycles. The summed E-state index contributed by atoms with van der Waals surface area (Å²) in [5.74, 6) is -0.582. The average molecular weight is 602 g/mol. The number of carbonyl (C=O) groups excluding carboxylic acids is 2. The summed E-state index contributed by atoms with van der Waals surface area (Å²) >= 11 is 0. The van der Waals surface area contributed by atoms with Crippen LogP contribution < -0.4 is 16.0 Å². The first-order valence-electron chi connectivity index (χ1n) is 14.4. The van der Waals surface area contributed by atoms with Gasteiger partial charge in [0.2, 0.25) is 11.9 Å². The summed E-state index contributed by atoms with van der Waals surface area (Å²) in [6.07, 6.45) is 13.1. The molecule has 10 nitrogen and oxygen atoms in total. The third-order valence-electron chi connectivity index (χ3n) is 8.05. The van der Waals surface area contributed by atoms with Crippen molar-refractivity contribution in [2.24, 2.45) is 11.3 Å². The third-order valence-corrected chi connectivity index (χ3v) is 9.45. The van der Waals surface area contributed by atoms with Crippen LogP contribution in [0, 0.1) is 36.5 Å². The Morgan fingerprint density at radius 1 is 1.26 bits per heavy atom. The van der Waals surface area contributed by atoms with Crippen LogP contribution in [0.4, 0.5) is 10.2 Å². The zero-order valence-electron chi connectivity index (χ0n) is 25.5. The molecule has 230 valence electrons. The summed E-state index contributed by atoms with van der Waals surface area (Å²) in [6, 6.07) is 2.36. The van der Waals surface area contributed by atoms with Crippen molar-refractivity contribution in [2.45, 2.75) is 59.2 Å². The first-order chi connectivity index (χ1) is 19.9. The van der Waals surface area contributed by atoms with Gasteiger partial charge in [0.1, 0.15) is 24.3 Å². The Kier molecular flexibility index (Phi) is 9.77. The van der Waals surface area contributed by atoms with E-state index in [9.17, 15) is 9.59 Å². The van der Waals surface area contributed by atoms with Crippen LogP contribution in [0.1, 0.15) is 44.0 Å². The largest absolute Gasteiger partial charge is 0.381 e. The fourth-order valence-corrected chi connectivity index (χ4v) is 6.16. The highest BCUT2D eigenvalue weighted by Crippen LogP contribution is 2.64. The van der Waals surface area contributed by atoms with Gasteiger partial charge in [0.25, 0.3) is 5.91 Å². The number of amides is 2. The molecule has 4 N–H and O–H groups in total. The Hall–Kier alpha value is -3.25. The molecule has 42 heavy (non-hydrogen) atoms. The van der Waals surface area contributed by atoms with Crippen LogP contribution in [-0.4, -0.2) is 76.5 Å². The lowest BCUT2D eigenvalue weighted by atomic mass is 9.68. The minimum atomic E-state index is -0.802. The number of nitrogens with zero attached hydrogens (tertiary/aromatic N) is 3. The summed E-state index contributed by atoms with van der Waals surface area (Å²) in [7, 11) is -0.656. The number of carbonyl (C=O) groups is 2. The van der Waals surface area contributed by atoms with E-state index in [0.29, 0.717) is 35.4 Å². The number of allylic oxidation sites excluding steroid dienone is 1. The smallest absolute Gasteiger partial charge is 0.268 e. The quantitative estimate of drug-likeness (QED) is 0.111. The molecule has 0 aromatic carbocycles. The van der Waals surface area contributed by atoms with Gasteiger partial charge < -0.3 is 26.1 Å². The predicted octanol–water partition coefficient (Wildman–Crippen LogP) is 4.13. The van der Waals surface area contributed by atoms with Crippen LogP contribution in [0.25, 0.3) is 11.1 Å². The molecular weight excluding hydrogens is 557 g/mol. The van der Waals surface area contributed by atoms with Crippen molar-refractivity contribution in [3.63, 3.8) is 0 Å². The Bertz CT molecular complexity index is 1360. The van der Waals surface area contributed by atoms with E-state index < -0.39 is 33.8 Å². The van der Waals surface area contributed by atoms with Gasteiger partial charge in [-0.25, -0.2) is 19.7 Å². The van der Waals surface area contributed by atoms with Crippen molar-refractivity contribution in [1.29, 1.82) is 5.41 Å². The number of anilines is 1. The van der Waals surface area contributed by atoms with Crippen LogP contribution in [0.2, 0.25) is 0 Å². The van der Waals surface area contributed by atoms with Crippen LogP contribution in [-0.2, 0) is 21.1 Å². The Labute approximate surface area is 249 Å². The lowest BCUT2D eigenvalue weighted by molar-refractivity contribution is -0.127. The standard InChI is InChI=1S/C30H44FN7O3S/c1-7-33-23(10-13-32)28(39)36-26(21-16-30(17-21)11-12-30)29(40)35-24-9-8-22(27(31)34-24)25-19(2)37-38(20(25)3)18-41-14-15-42(4,5)6/h8-10,13,21,26,32-33H,7,11-12,14-18H2,1-6H3,(H,36,39)(H,34,35,40)/b23-10-,32-13?/t26-/m0/s1. The first-order valence-corrected chi connectivity index (χ1v) is 17.4. The maximum atomic E-state index is 15.4. The number of rotatable bonds is 14. The maximum Gasteiger partial charge on any atom is 0.268 e. The van der Waals surface area contributed by atoms with Gasteiger partial charge in [-0.05, 0) is 94.8 Å². The van der Waals surface area contributed by atoms with Gasteiger partial charge in [-0.15, -0.1) is 0 Å². The molecule has 2 saturated carbocycles. The first kappa shape index (κ1) is 31.7. The average Bonchev–Trinajstić information content (AvgIpc) is 3.65. The number of hydrogen-bond donors (Lipinski definition) is 4. The van der Waals surface area contributed by atoms with Gasteiger partial charge in [0, 0.05) is 35.3 Å². The summed E-state index contributed by atoms with van der Waals surface area (Å²) in [6.45, 7) is 6.95. The molecule has 0 saturated heterocycles. The maximum absolute atomic E-state index is 15.4. The molecule has 2 aromatic rings. The van der Waals surface area contributed by atoms with Crippen LogP contribution in [0.15, 0.2) is 23.9 Å². The van der Waals surface area contributed by atoms with Gasteiger partial charge >= 0.3 is 0 Å². The molecule has 2 heterocycles. The molecule has 1 spiro atoms. The molecule has 2 amide bonds. The highest BCUT2D eigenvalue weighted by molar-refractivity contribution is 8.32. The third kappa shape index (κ3) is 7.57. The van der Waals surface area contributed by atoms with E-state index in [1.165, 1.54) is 6.08 Å². The van der Waals surface area contributed by atoms with Crippen LogP contribution in [0.3, 0.4) is 0 Å². The lowest BCUT2D eigenvalue weighted by Gasteiger charge is -2.40. The number of nitrogens with one attached hydrogen (secondary N) is 4. The van der Waals surface area contributed by atoms with Crippen molar-refractivity contribution in [2.75, 3.05) is 43.0 Å². The van der Waals surface area contributed by atoms with Crippen molar-refractivity contribution < 1.29 is 18.7 Å². The number of hydrogen-bond acceptors (Lipinski definition) is 7. The molecule has 1 atom stereocenters. The van der Waals surface area contributed by atoms with Crippen molar-refractivity contribution in [3.05, 3.63) is 41.2 Å². The highest BCUT2D eigenvalue weighted by atomic mass is 32.3. The zero-order valence-corrected chi connectivity index (χ0v) is 26.3. The molecule has 2 aliphatic carbocycles. The minimum absolute atomic E-state index is 0.0217. The molecule has 12 heteroatoms. The fraction of sp³-hybridized carbons (Fsp3) is 0.567. The fourth-order valence-electron chi connectivity index (χ4n) is 5.55. The lowest BCUT2D eigenvalue weighted by Crippen LogP contribution is -2.53. The molecule has 0 bridgehead atoms. The Balaban J connectivity index is 1.46. The Morgan fingerprint density at radius 3 is 2.57 bits per heavy atom. The second kappa shape index (κ2) is 12.9. The molecule has 0 aliphatic heterocycles. The highest BCUT2D eigenvalue weighted by Gasteiger charge is 2.56. The molecule has 2 fully saturated rings. The number of aromatic nitrogens is 3. The number of ether oxygens (including phenoxy) is 1. The van der Waals surface area contributed by atoms with Gasteiger partial charge in [0.05, 0.1) is 12.3 Å². The van der Waals surface area contributed by atoms with E-state index in [1.807, 2.05) is 20.8 Å². The number of pyridine rings is 1. The topological polar surface area (TPSA) is 134 Å². The van der Waals surface area contributed by atoms with E-state index in [1.54, 1.807) is 16.8 Å². The van der Waals surface area contributed by atoms with Gasteiger partial charge in [-0.2, -0.15) is 9.49 Å². The van der Waals surface area contributed by atoms with Crippen molar-refractivity contribution in [3.8, 4) is 11.1 Å². The van der Waals surface area contributed by atoms with Crippen molar-refractivity contribution >= 4 is 33.9 Å². The molecule has 4 rings (SSSR count).